The number of hydrogen-bond acceptors (Lipinski definition) is 4. The summed E-state index contributed by atoms with van der Waals surface area (Å²) in [6, 6.07) is 25.0. The summed E-state index contributed by atoms with van der Waals surface area (Å²) in [5.41, 5.74) is 1.62. The van der Waals surface area contributed by atoms with Crippen LogP contribution in [0.25, 0.3) is 0 Å². The zero-order chi connectivity index (χ0) is 24.2. The summed E-state index contributed by atoms with van der Waals surface area (Å²) in [6.07, 6.45) is 0.673. The van der Waals surface area contributed by atoms with Crippen LogP contribution in [0.15, 0.2) is 84.9 Å². The number of para-hydroxylation sites is 1. The average molecular weight is 481 g/mol. The molecule has 0 aliphatic rings. The normalized spacial score (nSPS) is 11.5. The molecule has 0 heterocycles. The van der Waals surface area contributed by atoms with Crippen molar-refractivity contribution in [2.24, 2.45) is 0 Å². The molecule has 0 saturated heterocycles. The number of hydrogen-bond donors (Lipinski definition) is 1. The van der Waals surface area contributed by atoms with Gasteiger partial charge in [-0.3, -0.25) is 9.59 Å². The summed E-state index contributed by atoms with van der Waals surface area (Å²) < 4.78 is 10.8. The highest BCUT2D eigenvalue weighted by atomic mass is 35.5. The highest BCUT2D eigenvalue weighted by Gasteiger charge is 2.31. The number of rotatable bonds is 12. The number of methoxy groups -OCH3 is 1. The van der Waals surface area contributed by atoms with Gasteiger partial charge in [-0.15, -0.1) is 0 Å². The Bertz CT molecular complexity index is 1050. The second-order valence-electron chi connectivity index (χ2n) is 7.68. The molecule has 1 atom stereocenters. The lowest BCUT2D eigenvalue weighted by Crippen LogP contribution is -2.45. The van der Waals surface area contributed by atoms with Gasteiger partial charge in [0.1, 0.15) is 11.8 Å². The molecule has 1 N–H and O–H groups in total. The van der Waals surface area contributed by atoms with Gasteiger partial charge in [0.2, 0.25) is 5.91 Å². The predicted octanol–water partition coefficient (Wildman–Crippen LogP) is 4.64. The van der Waals surface area contributed by atoms with Crippen LogP contribution >= 0.6 is 11.6 Å². The van der Waals surface area contributed by atoms with Crippen LogP contribution in [0, 0.1) is 0 Å². The topological polar surface area (TPSA) is 67.9 Å². The first-order chi connectivity index (χ1) is 16.6. The van der Waals surface area contributed by atoms with Gasteiger partial charge in [0, 0.05) is 26.8 Å². The molecule has 3 rings (SSSR count). The van der Waals surface area contributed by atoms with Crippen molar-refractivity contribution in [3.8, 4) is 5.75 Å². The Morgan fingerprint density at radius 2 is 1.59 bits per heavy atom. The van der Waals surface area contributed by atoms with E-state index in [0.717, 1.165) is 5.56 Å². The van der Waals surface area contributed by atoms with Gasteiger partial charge >= 0.3 is 0 Å². The molecule has 0 radical (unpaired) electrons. The number of amides is 2. The fourth-order valence-corrected chi connectivity index (χ4v) is 3.71. The van der Waals surface area contributed by atoms with E-state index in [1.165, 1.54) is 0 Å². The van der Waals surface area contributed by atoms with E-state index in [9.17, 15) is 9.59 Å². The summed E-state index contributed by atoms with van der Waals surface area (Å²) >= 11 is 6.18. The lowest BCUT2D eigenvalue weighted by molar-refractivity contribution is -0.143. The van der Waals surface area contributed by atoms with Crippen LogP contribution in [0.5, 0.6) is 5.75 Å². The molecule has 0 saturated carbocycles. The van der Waals surface area contributed by atoms with Gasteiger partial charge in [0.05, 0.1) is 5.02 Å². The summed E-state index contributed by atoms with van der Waals surface area (Å²) in [5.74, 6) is -0.175. The van der Waals surface area contributed by atoms with Crippen LogP contribution in [0.1, 0.15) is 23.6 Å². The van der Waals surface area contributed by atoms with Crippen LogP contribution in [-0.4, -0.2) is 43.6 Å². The molecule has 0 fully saturated rings. The lowest BCUT2D eigenvalue weighted by atomic mass is 10.0. The average Bonchev–Trinajstić information content (AvgIpc) is 2.87. The van der Waals surface area contributed by atoms with E-state index in [0.29, 0.717) is 35.9 Å². The largest absolute Gasteiger partial charge is 0.482 e. The molecule has 2 amide bonds. The monoisotopic (exact) mass is 480 g/mol. The highest BCUT2D eigenvalue weighted by molar-refractivity contribution is 6.32. The third-order valence-corrected chi connectivity index (χ3v) is 5.52. The standard InChI is InChI=1S/C27H29ClN2O4/c1-33-18-10-17-29-27(32)26(22-13-6-3-7-14-22)30(19-21-11-4-2-5-12-21)25(31)20-34-24-16-9-8-15-23(24)28/h2-9,11-16,26H,10,17-20H2,1H3,(H,29,32)/t26-/m0/s1. The zero-order valence-electron chi connectivity index (χ0n) is 19.2. The van der Waals surface area contributed by atoms with Crippen LogP contribution < -0.4 is 10.1 Å². The van der Waals surface area contributed by atoms with E-state index in [-0.39, 0.29) is 25.0 Å². The number of carbonyl (C=O) groups excluding carboxylic acids is 2. The smallest absolute Gasteiger partial charge is 0.261 e. The van der Waals surface area contributed by atoms with Crippen molar-refractivity contribution >= 4 is 23.4 Å². The van der Waals surface area contributed by atoms with E-state index in [2.05, 4.69) is 5.32 Å². The summed E-state index contributed by atoms with van der Waals surface area (Å²) in [5, 5.41) is 3.36. The molecule has 3 aromatic rings. The molecule has 0 spiro atoms. The van der Waals surface area contributed by atoms with Gasteiger partial charge in [0.15, 0.2) is 6.61 Å². The Balaban J connectivity index is 1.88. The van der Waals surface area contributed by atoms with Gasteiger partial charge < -0.3 is 19.7 Å². The number of ether oxygens (including phenoxy) is 2. The molecule has 0 aliphatic heterocycles. The SMILES string of the molecule is COCCCNC(=O)[C@H](c1ccccc1)N(Cc1ccccc1)C(=O)COc1ccccc1Cl. The Morgan fingerprint density at radius 3 is 2.26 bits per heavy atom. The molecule has 0 bridgehead atoms. The third-order valence-electron chi connectivity index (χ3n) is 5.20. The number of benzene rings is 3. The molecule has 0 unspecified atom stereocenters. The van der Waals surface area contributed by atoms with E-state index in [4.69, 9.17) is 21.1 Å². The minimum atomic E-state index is -0.828. The van der Waals surface area contributed by atoms with Crippen molar-refractivity contribution in [1.29, 1.82) is 0 Å². The highest BCUT2D eigenvalue weighted by Crippen LogP contribution is 2.26. The van der Waals surface area contributed by atoms with E-state index >= 15 is 0 Å². The molecule has 0 aromatic heterocycles. The Kier molecular flexibility index (Phi) is 9.95. The summed E-state index contributed by atoms with van der Waals surface area (Å²) in [7, 11) is 1.62. The van der Waals surface area contributed by atoms with Crippen LogP contribution in [0.3, 0.4) is 0 Å². The van der Waals surface area contributed by atoms with E-state index in [1.54, 1.807) is 36.3 Å². The molecule has 7 heteroatoms. The number of nitrogens with zero attached hydrogens (tertiary/aromatic N) is 1. The van der Waals surface area contributed by atoms with E-state index < -0.39 is 6.04 Å². The Morgan fingerprint density at radius 1 is 0.941 bits per heavy atom. The second-order valence-corrected chi connectivity index (χ2v) is 8.08. The minimum absolute atomic E-state index is 0.247. The maximum absolute atomic E-state index is 13.5. The van der Waals surface area contributed by atoms with Crippen molar-refractivity contribution in [2.45, 2.75) is 19.0 Å². The zero-order valence-corrected chi connectivity index (χ0v) is 19.9. The first kappa shape index (κ1) is 25.3. The molecule has 0 aliphatic carbocycles. The molecule has 34 heavy (non-hydrogen) atoms. The second kappa shape index (κ2) is 13.4. The first-order valence-electron chi connectivity index (χ1n) is 11.1. The van der Waals surface area contributed by atoms with Gasteiger partial charge in [-0.1, -0.05) is 84.4 Å². The third kappa shape index (κ3) is 7.33. The van der Waals surface area contributed by atoms with Gasteiger partial charge in [-0.25, -0.2) is 0 Å². The predicted molar refractivity (Wildman–Crippen MR) is 133 cm³/mol. The van der Waals surface area contributed by atoms with Crippen molar-refractivity contribution in [1.82, 2.24) is 10.2 Å². The molecule has 6 nitrogen and oxygen atoms in total. The number of carbonyl (C=O) groups is 2. The fourth-order valence-electron chi connectivity index (χ4n) is 3.52. The lowest BCUT2D eigenvalue weighted by Gasteiger charge is -2.31. The van der Waals surface area contributed by atoms with Crippen LogP contribution in [-0.2, 0) is 20.9 Å². The first-order valence-corrected chi connectivity index (χ1v) is 11.5. The van der Waals surface area contributed by atoms with Gasteiger partial charge in [-0.05, 0) is 29.7 Å². The van der Waals surface area contributed by atoms with Crippen LogP contribution in [0.2, 0.25) is 5.02 Å². The van der Waals surface area contributed by atoms with E-state index in [1.807, 2.05) is 60.7 Å². The Labute approximate surface area is 205 Å². The van der Waals surface area contributed by atoms with Crippen molar-refractivity contribution in [2.75, 3.05) is 26.9 Å². The van der Waals surface area contributed by atoms with Crippen molar-refractivity contribution < 1.29 is 19.1 Å². The fraction of sp³-hybridized carbons (Fsp3) is 0.259. The molecule has 178 valence electrons. The van der Waals surface area contributed by atoms with Gasteiger partial charge in [0.25, 0.3) is 5.91 Å². The summed E-state index contributed by atoms with van der Waals surface area (Å²) in [4.78, 5) is 28.4. The number of nitrogens with one attached hydrogen (secondary N) is 1. The van der Waals surface area contributed by atoms with Crippen LogP contribution in [0.4, 0.5) is 0 Å². The van der Waals surface area contributed by atoms with Crippen molar-refractivity contribution in [3.05, 3.63) is 101 Å². The minimum Gasteiger partial charge on any atom is -0.482 e. The quantitative estimate of drug-likeness (QED) is 0.383. The van der Waals surface area contributed by atoms with Gasteiger partial charge in [-0.2, -0.15) is 0 Å². The molecular formula is C27H29ClN2O4. The maximum atomic E-state index is 13.5. The maximum Gasteiger partial charge on any atom is 0.261 e. The molecule has 3 aromatic carbocycles. The summed E-state index contributed by atoms with van der Waals surface area (Å²) in [6.45, 7) is 0.974. The van der Waals surface area contributed by atoms with Crippen molar-refractivity contribution in [3.63, 3.8) is 0 Å². The Hall–Kier alpha value is -3.35. The molecular weight excluding hydrogens is 452 g/mol. The number of halogens is 1.